The summed E-state index contributed by atoms with van der Waals surface area (Å²) < 4.78 is 14.7. The fourth-order valence-corrected chi connectivity index (χ4v) is 7.08. The van der Waals surface area contributed by atoms with E-state index in [1.807, 2.05) is 65.8 Å². The first-order chi connectivity index (χ1) is 15.0. The van der Waals surface area contributed by atoms with Crippen LogP contribution in [0, 0.1) is 41.5 Å². The second-order valence-electron chi connectivity index (χ2n) is 8.64. The van der Waals surface area contributed by atoms with Gasteiger partial charge in [0.2, 0.25) is 18.2 Å². The van der Waals surface area contributed by atoms with E-state index in [-0.39, 0.29) is 5.30 Å². The Hall–Kier alpha value is -2.81. The number of hydrogen-bond acceptors (Lipinski definition) is 4. The van der Waals surface area contributed by atoms with Crippen LogP contribution in [0.5, 0.6) is 0 Å². The number of carbonyl (C=O) groups excluding carboxylic acids is 2. The molecule has 2 N–H and O–H groups in total. The van der Waals surface area contributed by atoms with Crippen molar-refractivity contribution in [2.75, 3.05) is 0 Å². The number of carbonyl (C=O) groups is 2. The average Bonchev–Trinajstić information content (AvgIpc) is 2.71. The van der Waals surface area contributed by atoms with Crippen LogP contribution >= 0.6 is 7.14 Å². The number of rotatable bonds is 6. The first-order valence-corrected chi connectivity index (χ1v) is 12.4. The summed E-state index contributed by atoms with van der Waals surface area (Å²) in [5.41, 5.74) is 10.9. The molecule has 0 heterocycles. The van der Waals surface area contributed by atoms with Crippen molar-refractivity contribution < 1.29 is 14.2 Å². The van der Waals surface area contributed by atoms with Crippen molar-refractivity contribution in [3.63, 3.8) is 0 Å². The lowest BCUT2D eigenvalue weighted by Gasteiger charge is -2.21. The molecule has 0 aliphatic heterocycles. The SMILES string of the molecule is Cc1cc(C)c(C(=O)P(=O)(C(=O)c2c(C)cc(C)cc2C)c2ccc(CN)cc2)c(C)c1. The van der Waals surface area contributed by atoms with Gasteiger partial charge in [0.25, 0.3) is 0 Å². The second-order valence-corrected chi connectivity index (χ2v) is 11.2. The van der Waals surface area contributed by atoms with E-state index in [1.54, 1.807) is 24.3 Å². The largest absolute Gasteiger partial charge is 0.326 e. The maximum Gasteiger partial charge on any atom is 0.248 e. The van der Waals surface area contributed by atoms with Gasteiger partial charge in [0.05, 0.1) is 0 Å². The third-order valence-corrected chi connectivity index (χ3v) is 8.51. The summed E-state index contributed by atoms with van der Waals surface area (Å²) in [6.45, 7) is 11.5. The number of nitrogens with two attached hydrogens (primary N) is 1. The van der Waals surface area contributed by atoms with Crippen molar-refractivity contribution in [2.45, 2.75) is 48.1 Å². The Balaban J connectivity index is 2.31. The molecule has 0 aromatic heterocycles. The van der Waals surface area contributed by atoms with Crippen LogP contribution in [-0.2, 0) is 11.1 Å². The predicted molar refractivity (Wildman–Crippen MR) is 132 cm³/mol. The van der Waals surface area contributed by atoms with Crippen LogP contribution in [-0.4, -0.2) is 11.0 Å². The predicted octanol–water partition coefficient (Wildman–Crippen LogP) is 5.67. The minimum atomic E-state index is -4.18. The Bertz CT molecular complexity index is 1150. The molecule has 3 rings (SSSR count). The minimum Gasteiger partial charge on any atom is -0.326 e. The summed E-state index contributed by atoms with van der Waals surface area (Å²) in [6.07, 6.45) is 0. The molecule has 0 saturated carbocycles. The van der Waals surface area contributed by atoms with Crippen molar-refractivity contribution in [2.24, 2.45) is 5.73 Å². The van der Waals surface area contributed by atoms with Crippen molar-refractivity contribution in [1.82, 2.24) is 0 Å². The molecule has 0 spiro atoms. The van der Waals surface area contributed by atoms with E-state index in [0.29, 0.717) is 17.7 Å². The van der Waals surface area contributed by atoms with Gasteiger partial charge >= 0.3 is 0 Å². The lowest BCUT2D eigenvalue weighted by molar-refractivity contribution is 0.104. The van der Waals surface area contributed by atoms with Crippen LogP contribution in [0.2, 0.25) is 0 Å². The molecular formula is C27H30NO3P. The van der Waals surface area contributed by atoms with Crippen LogP contribution in [0.4, 0.5) is 0 Å². The molecule has 0 saturated heterocycles. The van der Waals surface area contributed by atoms with Crippen LogP contribution in [0.15, 0.2) is 48.5 Å². The quantitative estimate of drug-likeness (QED) is 0.494. The monoisotopic (exact) mass is 447 g/mol. The van der Waals surface area contributed by atoms with E-state index < -0.39 is 18.2 Å². The highest BCUT2D eigenvalue weighted by Gasteiger charge is 2.44. The number of benzene rings is 3. The molecule has 166 valence electrons. The molecule has 32 heavy (non-hydrogen) atoms. The van der Waals surface area contributed by atoms with Crippen LogP contribution in [0.25, 0.3) is 0 Å². The van der Waals surface area contributed by atoms with E-state index >= 15 is 0 Å². The Morgan fingerprint density at radius 1 is 0.688 bits per heavy atom. The molecule has 0 atom stereocenters. The van der Waals surface area contributed by atoms with Gasteiger partial charge < -0.3 is 10.3 Å². The zero-order chi connectivity index (χ0) is 23.8. The van der Waals surface area contributed by atoms with E-state index in [1.165, 1.54) is 0 Å². The first-order valence-electron chi connectivity index (χ1n) is 10.7. The van der Waals surface area contributed by atoms with E-state index in [0.717, 1.165) is 38.9 Å². The topological polar surface area (TPSA) is 77.2 Å². The van der Waals surface area contributed by atoms with E-state index in [2.05, 4.69) is 0 Å². The zero-order valence-electron chi connectivity index (χ0n) is 19.6. The van der Waals surface area contributed by atoms with Gasteiger partial charge in [0, 0.05) is 23.0 Å². The highest BCUT2D eigenvalue weighted by Crippen LogP contribution is 2.52. The highest BCUT2D eigenvalue weighted by molar-refractivity contribution is 8.01. The van der Waals surface area contributed by atoms with Crippen LogP contribution < -0.4 is 11.0 Å². The minimum absolute atomic E-state index is 0.239. The summed E-state index contributed by atoms with van der Waals surface area (Å²) in [6, 6.07) is 14.2. The number of hydrogen-bond donors (Lipinski definition) is 1. The lowest BCUT2D eigenvalue weighted by Crippen LogP contribution is -2.23. The molecule has 4 nitrogen and oxygen atoms in total. The average molecular weight is 448 g/mol. The summed E-state index contributed by atoms with van der Waals surface area (Å²) in [5, 5.41) is 0.239. The molecule has 5 heteroatoms. The summed E-state index contributed by atoms with van der Waals surface area (Å²) in [7, 11) is -4.18. The lowest BCUT2D eigenvalue weighted by atomic mass is 10.0. The fourth-order valence-electron chi connectivity index (χ4n) is 4.52. The fraction of sp³-hybridized carbons (Fsp3) is 0.259. The number of aryl methyl sites for hydroxylation is 6. The van der Waals surface area contributed by atoms with Crippen molar-refractivity contribution >= 4 is 23.5 Å². The van der Waals surface area contributed by atoms with Gasteiger partial charge in [-0.05, 0) is 69.4 Å². The smallest absolute Gasteiger partial charge is 0.248 e. The maximum atomic E-state index is 14.7. The van der Waals surface area contributed by atoms with Crippen LogP contribution in [0.1, 0.15) is 59.7 Å². The van der Waals surface area contributed by atoms with E-state index in [4.69, 9.17) is 5.73 Å². The molecular weight excluding hydrogens is 417 g/mol. The van der Waals surface area contributed by atoms with Gasteiger partial charge in [0.1, 0.15) is 0 Å². The standard InChI is InChI=1S/C27H30NO3P/c1-16-11-18(3)24(19(4)12-16)26(29)32(31,23-9-7-22(15-28)8-10-23)27(30)25-20(5)13-17(2)14-21(25)6/h7-14H,15,28H2,1-6H3. The van der Waals surface area contributed by atoms with Crippen molar-refractivity contribution in [3.05, 3.63) is 98.6 Å². The Labute approximate surface area is 190 Å². The van der Waals surface area contributed by atoms with Crippen molar-refractivity contribution in [3.8, 4) is 0 Å². The zero-order valence-corrected chi connectivity index (χ0v) is 20.5. The molecule has 3 aromatic rings. The van der Waals surface area contributed by atoms with E-state index in [9.17, 15) is 14.2 Å². The van der Waals surface area contributed by atoms with Gasteiger partial charge in [-0.15, -0.1) is 0 Å². The summed E-state index contributed by atoms with van der Waals surface area (Å²) in [5.74, 6) is 0. The molecule has 0 fully saturated rings. The van der Waals surface area contributed by atoms with Gasteiger partial charge in [-0.25, -0.2) is 0 Å². The normalized spacial score (nSPS) is 11.5. The second kappa shape index (κ2) is 8.97. The van der Waals surface area contributed by atoms with Gasteiger partial charge in [0.15, 0.2) is 0 Å². The molecule has 0 bridgehead atoms. The summed E-state index contributed by atoms with van der Waals surface area (Å²) in [4.78, 5) is 27.9. The Morgan fingerprint density at radius 2 is 1.03 bits per heavy atom. The molecule has 0 aliphatic carbocycles. The van der Waals surface area contributed by atoms with Gasteiger partial charge in [-0.3, -0.25) is 9.59 Å². The van der Waals surface area contributed by atoms with Crippen LogP contribution in [0.3, 0.4) is 0 Å². The first kappa shape index (κ1) is 23.8. The van der Waals surface area contributed by atoms with Crippen molar-refractivity contribution in [1.29, 1.82) is 0 Å². The maximum absolute atomic E-state index is 14.7. The molecule has 3 aromatic carbocycles. The molecule has 0 amide bonds. The molecule has 0 unspecified atom stereocenters. The van der Waals surface area contributed by atoms with Gasteiger partial charge in [-0.2, -0.15) is 0 Å². The molecule has 0 radical (unpaired) electrons. The highest BCUT2D eigenvalue weighted by atomic mass is 31.2. The third kappa shape index (κ3) is 4.13. The Morgan fingerprint density at radius 3 is 1.34 bits per heavy atom. The molecule has 0 aliphatic rings. The Kier molecular flexibility index (Phi) is 6.69. The van der Waals surface area contributed by atoms with Gasteiger partial charge in [-0.1, -0.05) is 59.7 Å². The third-order valence-electron chi connectivity index (χ3n) is 5.89. The summed E-state index contributed by atoms with van der Waals surface area (Å²) >= 11 is 0.